The van der Waals surface area contributed by atoms with Gasteiger partial charge in [0.05, 0.1) is 12.7 Å². The number of hydrogen-bond donors (Lipinski definition) is 1. The number of fused-ring (bicyclic) bond motifs is 4. The van der Waals surface area contributed by atoms with Crippen LogP contribution in [0.3, 0.4) is 0 Å². The Morgan fingerprint density at radius 1 is 1.12 bits per heavy atom. The predicted octanol–water partition coefficient (Wildman–Crippen LogP) is 5.31. The third kappa shape index (κ3) is 2.11. The van der Waals surface area contributed by atoms with Gasteiger partial charge in [-0.2, -0.15) is 0 Å². The topological polar surface area (TPSA) is 55.8 Å². The van der Waals surface area contributed by atoms with Gasteiger partial charge in [0.1, 0.15) is 6.10 Å². The summed E-state index contributed by atoms with van der Waals surface area (Å²) in [6, 6.07) is 0. The van der Waals surface area contributed by atoms with E-state index in [1.54, 1.807) is 0 Å². The van der Waals surface area contributed by atoms with E-state index in [1.165, 1.54) is 32.1 Å². The van der Waals surface area contributed by atoms with Crippen LogP contribution < -0.4 is 0 Å². The zero-order valence-electron chi connectivity index (χ0n) is 21.6. The van der Waals surface area contributed by atoms with Gasteiger partial charge < -0.3 is 14.6 Å². The standard InChI is InChI=1S/C30H42O4/c1-16-14-33-30(19(16)4)25(32)18(3)24-22(34-30)13-27(6)23-8-7-20-17(2)21(31)9-10-28(20)15-29(23,28)12-11-26(24,27)5/h9-10,16-18,20,22-25,32H,4,7-8,11-15H2,1-3,5-6H3/t16?,17-,18-,20?,22-,23?,24-,25+,26+,27-,28+,29-,30?/m0/s1. The van der Waals surface area contributed by atoms with Crippen molar-refractivity contribution in [1.29, 1.82) is 0 Å². The zero-order chi connectivity index (χ0) is 24.1. The van der Waals surface area contributed by atoms with Crippen molar-refractivity contribution in [1.82, 2.24) is 0 Å². The Bertz CT molecular complexity index is 1020. The first kappa shape index (κ1) is 22.2. The minimum absolute atomic E-state index is 0.0976. The molecule has 4 saturated carbocycles. The van der Waals surface area contributed by atoms with Gasteiger partial charge >= 0.3 is 0 Å². The minimum atomic E-state index is -1.03. The Kier molecular flexibility index (Phi) is 4.11. The van der Waals surface area contributed by atoms with E-state index < -0.39 is 11.9 Å². The summed E-state index contributed by atoms with van der Waals surface area (Å²) in [6.07, 6.45) is 10.9. The molecule has 0 amide bonds. The Morgan fingerprint density at radius 3 is 2.59 bits per heavy atom. The van der Waals surface area contributed by atoms with Gasteiger partial charge in [-0.25, -0.2) is 0 Å². The summed E-state index contributed by atoms with van der Waals surface area (Å²) in [5, 5.41) is 11.6. The van der Waals surface area contributed by atoms with Gasteiger partial charge in [-0.05, 0) is 95.5 Å². The molecule has 4 nitrogen and oxygen atoms in total. The number of carbonyl (C=O) groups is 1. The molecule has 7 rings (SSSR count). The number of carbonyl (C=O) groups excluding carboxylic acids is 1. The lowest BCUT2D eigenvalue weighted by molar-refractivity contribution is -0.313. The lowest BCUT2D eigenvalue weighted by Crippen LogP contribution is -2.61. The van der Waals surface area contributed by atoms with Gasteiger partial charge in [0.2, 0.25) is 5.79 Å². The maximum absolute atomic E-state index is 12.5. The van der Waals surface area contributed by atoms with E-state index in [1.807, 2.05) is 6.08 Å². The van der Waals surface area contributed by atoms with Crippen LogP contribution in [0.4, 0.5) is 0 Å². The number of ether oxygens (including phenoxy) is 2. The lowest BCUT2D eigenvalue weighted by atomic mass is 9.43. The quantitative estimate of drug-likeness (QED) is 0.492. The SMILES string of the molecule is C=C1C(C)COC12O[C@H]1C[C@@]3(C)C4CCC5[C@H](C)C(=O)C=C[C@@]56C[C@@]46CC[C@]3(C)[C@H]1[C@H](C)[C@H]2O. The van der Waals surface area contributed by atoms with Crippen molar-refractivity contribution in [3.8, 4) is 0 Å². The van der Waals surface area contributed by atoms with Gasteiger partial charge in [-0.3, -0.25) is 4.79 Å². The molecule has 34 heavy (non-hydrogen) atoms. The highest BCUT2D eigenvalue weighted by atomic mass is 16.7. The summed E-state index contributed by atoms with van der Waals surface area (Å²) in [7, 11) is 0. The molecule has 0 radical (unpaired) electrons. The van der Waals surface area contributed by atoms with Gasteiger partial charge in [0.25, 0.3) is 0 Å². The number of allylic oxidation sites excluding steroid dienone is 2. The van der Waals surface area contributed by atoms with E-state index in [4.69, 9.17) is 9.47 Å². The molecule has 13 atom stereocenters. The molecule has 6 fully saturated rings. The molecule has 0 aromatic carbocycles. The van der Waals surface area contributed by atoms with Gasteiger partial charge in [0.15, 0.2) is 5.78 Å². The van der Waals surface area contributed by atoms with Crippen molar-refractivity contribution < 1.29 is 19.4 Å². The number of aliphatic hydroxyl groups excluding tert-OH is 1. The average Bonchev–Trinajstić information content (AvgIpc) is 3.31. The van der Waals surface area contributed by atoms with Crippen molar-refractivity contribution in [3.63, 3.8) is 0 Å². The molecule has 4 heteroatoms. The van der Waals surface area contributed by atoms with Gasteiger partial charge in [-0.1, -0.05) is 47.3 Å². The molecule has 5 aliphatic carbocycles. The molecule has 0 bridgehead atoms. The second kappa shape index (κ2) is 6.29. The Morgan fingerprint density at radius 2 is 1.88 bits per heavy atom. The largest absolute Gasteiger partial charge is 0.387 e. The lowest BCUT2D eigenvalue weighted by Gasteiger charge is -2.61. The van der Waals surface area contributed by atoms with E-state index in [9.17, 15) is 9.90 Å². The van der Waals surface area contributed by atoms with Crippen LogP contribution in [0.2, 0.25) is 0 Å². The minimum Gasteiger partial charge on any atom is -0.387 e. The van der Waals surface area contributed by atoms with Crippen LogP contribution in [0.25, 0.3) is 0 Å². The molecule has 186 valence electrons. The first-order valence-electron chi connectivity index (χ1n) is 13.9. The summed E-state index contributed by atoms with van der Waals surface area (Å²) < 4.78 is 13.1. The molecule has 2 saturated heterocycles. The van der Waals surface area contributed by atoms with E-state index in [-0.39, 0.29) is 40.1 Å². The maximum atomic E-state index is 12.5. The maximum Gasteiger partial charge on any atom is 0.218 e. The monoisotopic (exact) mass is 466 g/mol. The summed E-state index contributed by atoms with van der Waals surface area (Å²) >= 11 is 0. The van der Waals surface area contributed by atoms with E-state index >= 15 is 0 Å². The third-order valence-electron chi connectivity index (χ3n) is 13.4. The van der Waals surface area contributed by atoms with Crippen molar-refractivity contribution in [2.75, 3.05) is 6.61 Å². The molecule has 4 unspecified atom stereocenters. The van der Waals surface area contributed by atoms with Crippen LogP contribution in [-0.4, -0.2) is 35.5 Å². The Balaban J connectivity index is 1.28. The molecule has 0 aromatic rings. The highest BCUT2D eigenvalue weighted by Crippen LogP contribution is 2.87. The third-order valence-corrected chi connectivity index (χ3v) is 13.4. The molecule has 1 N–H and O–H groups in total. The average molecular weight is 467 g/mol. The van der Waals surface area contributed by atoms with Crippen LogP contribution in [0, 0.1) is 57.2 Å². The van der Waals surface area contributed by atoms with Crippen LogP contribution in [0.15, 0.2) is 24.3 Å². The summed E-state index contributed by atoms with van der Waals surface area (Å²) in [4.78, 5) is 12.5. The van der Waals surface area contributed by atoms with Crippen LogP contribution in [-0.2, 0) is 14.3 Å². The molecule has 2 aliphatic heterocycles. The first-order chi connectivity index (χ1) is 16.0. The highest BCUT2D eigenvalue weighted by Gasteiger charge is 2.82. The predicted molar refractivity (Wildman–Crippen MR) is 130 cm³/mol. The fraction of sp³-hybridized carbons (Fsp3) is 0.833. The molecular weight excluding hydrogens is 424 g/mol. The molecular formula is C30H42O4. The molecule has 0 aromatic heterocycles. The van der Waals surface area contributed by atoms with E-state index in [2.05, 4.69) is 47.3 Å². The van der Waals surface area contributed by atoms with Crippen LogP contribution in [0.1, 0.15) is 73.1 Å². The number of ketones is 1. The summed E-state index contributed by atoms with van der Waals surface area (Å²) in [5.74, 6) is 1.30. The Hall–Kier alpha value is -0.970. The normalized spacial score (nSPS) is 63.7. The fourth-order valence-electron chi connectivity index (χ4n) is 11.4. The van der Waals surface area contributed by atoms with E-state index in [0.717, 1.165) is 12.0 Å². The van der Waals surface area contributed by atoms with Crippen molar-refractivity contribution in [2.24, 2.45) is 57.2 Å². The number of rotatable bonds is 0. The van der Waals surface area contributed by atoms with Crippen molar-refractivity contribution in [2.45, 2.75) is 91.1 Å². The Labute approximate surface area is 204 Å². The molecule has 7 aliphatic rings. The summed E-state index contributed by atoms with van der Waals surface area (Å²) in [5.41, 5.74) is 1.81. The van der Waals surface area contributed by atoms with Crippen molar-refractivity contribution >= 4 is 5.78 Å². The summed E-state index contributed by atoms with van der Waals surface area (Å²) in [6.45, 7) is 16.5. The smallest absolute Gasteiger partial charge is 0.218 e. The van der Waals surface area contributed by atoms with E-state index in [0.29, 0.717) is 35.6 Å². The van der Waals surface area contributed by atoms with Crippen LogP contribution >= 0.6 is 0 Å². The zero-order valence-corrected chi connectivity index (χ0v) is 21.6. The first-order valence-corrected chi connectivity index (χ1v) is 13.9. The fourth-order valence-corrected chi connectivity index (χ4v) is 11.4. The number of aliphatic hydroxyl groups is 1. The molecule has 3 spiro atoms. The van der Waals surface area contributed by atoms with Gasteiger partial charge in [0, 0.05) is 11.8 Å². The highest BCUT2D eigenvalue weighted by molar-refractivity contribution is 5.93. The number of hydrogen-bond acceptors (Lipinski definition) is 4. The van der Waals surface area contributed by atoms with Crippen molar-refractivity contribution in [3.05, 3.63) is 24.3 Å². The van der Waals surface area contributed by atoms with Crippen LogP contribution in [0.5, 0.6) is 0 Å². The molecule has 2 heterocycles. The second-order valence-electron chi connectivity index (χ2n) is 14.1. The second-order valence-corrected chi connectivity index (χ2v) is 14.1. The van der Waals surface area contributed by atoms with Gasteiger partial charge in [-0.15, -0.1) is 0 Å².